The number of nitrogens with zero attached hydrogens (tertiary/aromatic N) is 4. The van der Waals surface area contributed by atoms with E-state index in [0.29, 0.717) is 47.8 Å². The highest BCUT2D eigenvalue weighted by Crippen LogP contribution is 2.30. The van der Waals surface area contributed by atoms with Crippen LogP contribution in [0.3, 0.4) is 0 Å². The highest BCUT2D eigenvalue weighted by atomic mass is 16.2. The second-order valence-corrected chi connectivity index (χ2v) is 10.7. The van der Waals surface area contributed by atoms with Gasteiger partial charge in [-0.1, -0.05) is 6.07 Å². The largest absolute Gasteiger partial charge is 0.346 e. The van der Waals surface area contributed by atoms with Gasteiger partial charge in [-0.3, -0.25) is 18.7 Å². The average Bonchev–Trinajstić information content (AvgIpc) is 3.71. The second-order valence-electron chi connectivity index (χ2n) is 10.7. The number of fused-ring (bicyclic) bond motifs is 1. The SMILES string of the molecule is Cc1cccc(C(=O)NC2CCCN(C(=O)Nc3ccc4c(c3)c(=O)n(CC3CC3)c(=O)n4C(C)C)C2)n1. The van der Waals surface area contributed by atoms with Gasteiger partial charge in [-0.25, -0.2) is 14.6 Å². The van der Waals surface area contributed by atoms with E-state index in [2.05, 4.69) is 15.6 Å². The zero-order chi connectivity index (χ0) is 27.0. The zero-order valence-corrected chi connectivity index (χ0v) is 22.1. The fourth-order valence-corrected chi connectivity index (χ4v) is 5.09. The van der Waals surface area contributed by atoms with Crippen molar-refractivity contribution in [2.75, 3.05) is 18.4 Å². The van der Waals surface area contributed by atoms with Gasteiger partial charge >= 0.3 is 11.7 Å². The molecular formula is C28H34N6O4. The average molecular weight is 519 g/mol. The lowest BCUT2D eigenvalue weighted by atomic mass is 10.1. The number of carbonyl (C=O) groups is 2. The van der Waals surface area contributed by atoms with E-state index in [4.69, 9.17) is 0 Å². The first-order valence-corrected chi connectivity index (χ1v) is 13.3. The molecule has 2 aliphatic rings. The van der Waals surface area contributed by atoms with Crippen LogP contribution in [0.5, 0.6) is 0 Å². The molecule has 10 nitrogen and oxygen atoms in total. The number of hydrogen-bond donors (Lipinski definition) is 2. The molecule has 3 amide bonds. The predicted molar refractivity (Wildman–Crippen MR) is 146 cm³/mol. The molecule has 3 heterocycles. The molecule has 1 aliphatic heterocycles. The van der Waals surface area contributed by atoms with E-state index in [-0.39, 0.29) is 35.3 Å². The highest BCUT2D eigenvalue weighted by Gasteiger charge is 2.27. The van der Waals surface area contributed by atoms with Gasteiger partial charge in [0.25, 0.3) is 11.5 Å². The van der Waals surface area contributed by atoms with Crippen molar-refractivity contribution >= 4 is 28.5 Å². The quantitative estimate of drug-likeness (QED) is 0.519. The lowest BCUT2D eigenvalue weighted by Crippen LogP contribution is -2.50. The normalized spacial score (nSPS) is 17.6. The third-order valence-electron chi connectivity index (χ3n) is 7.24. The molecule has 0 spiro atoms. The van der Waals surface area contributed by atoms with E-state index >= 15 is 0 Å². The first kappa shape index (κ1) is 25.7. The maximum atomic E-state index is 13.3. The number of aryl methyl sites for hydroxylation is 1. The van der Waals surface area contributed by atoms with Crippen LogP contribution in [0.2, 0.25) is 0 Å². The zero-order valence-electron chi connectivity index (χ0n) is 22.1. The second kappa shape index (κ2) is 10.4. The Kier molecular flexibility index (Phi) is 7.05. The molecule has 2 aromatic heterocycles. The fraction of sp³-hybridized carbons (Fsp3) is 0.464. The number of likely N-dealkylation sites (tertiary alicyclic amines) is 1. The molecule has 1 atom stereocenters. The van der Waals surface area contributed by atoms with Gasteiger partial charge in [0.2, 0.25) is 0 Å². The molecule has 1 saturated carbocycles. The molecule has 0 radical (unpaired) electrons. The summed E-state index contributed by atoms with van der Waals surface area (Å²) in [5.74, 6) is 0.116. The maximum absolute atomic E-state index is 13.3. The topological polar surface area (TPSA) is 118 Å². The maximum Gasteiger partial charge on any atom is 0.331 e. The predicted octanol–water partition coefficient (Wildman–Crippen LogP) is 3.28. The number of benzene rings is 1. The van der Waals surface area contributed by atoms with Crippen LogP contribution in [0.25, 0.3) is 10.9 Å². The molecule has 1 unspecified atom stereocenters. The Balaban J connectivity index is 1.33. The summed E-state index contributed by atoms with van der Waals surface area (Å²) in [6.45, 7) is 7.04. The summed E-state index contributed by atoms with van der Waals surface area (Å²) in [5.41, 5.74) is 1.56. The fourth-order valence-electron chi connectivity index (χ4n) is 5.09. The minimum Gasteiger partial charge on any atom is -0.346 e. The van der Waals surface area contributed by atoms with E-state index in [1.54, 1.807) is 39.8 Å². The molecule has 1 aromatic carbocycles. The van der Waals surface area contributed by atoms with Crippen molar-refractivity contribution in [3.05, 3.63) is 68.6 Å². The van der Waals surface area contributed by atoms with Crippen molar-refractivity contribution in [1.82, 2.24) is 24.3 Å². The number of hydrogen-bond acceptors (Lipinski definition) is 5. The summed E-state index contributed by atoms with van der Waals surface area (Å²) < 4.78 is 2.98. The summed E-state index contributed by atoms with van der Waals surface area (Å²) in [5, 5.41) is 6.31. The van der Waals surface area contributed by atoms with Crippen molar-refractivity contribution in [2.24, 2.45) is 5.92 Å². The van der Waals surface area contributed by atoms with Gasteiger partial charge in [0.15, 0.2) is 0 Å². The Morgan fingerprint density at radius 3 is 2.61 bits per heavy atom. The molecule has 3 aromatic rings. The van der Waals surface area contributed by atoms with Gasteiger partial charge in [0.1, 0.15) is 5.69 Å². The smallest absolute Gasteiger partial charge is 0.331 e. The number of urea groups is 1. The van der Waals surface area contributed by atoms with Crippen LogP contribution in [-0.2, 0) is 6.54 Å². The number of aromatic nitrogens is 3. The van der Waals surface area contributed by atoms with Gasteiger partial charge in [-0.2, -0.15) is 0 Å². The molecule has 2 N–H and O–H groups in total. The Morgan fingerprint density at radius 1 is 1.11 bits per heavy atom. The third-order valence-corrected chi connectivity index (χ3v) is 7.24. The molecule has 1 saturated heterocycles. The minimum atomic E-state index is -0.324. The number of amides is 3. The van der Waals surface area contributed by atoms with Crippen LogP contribution in [-0.4, -0.2) is 50.1 Å². The van der Waals surface area contributed by atoms with Crippen molar-refractivity contribution in [2.45, 2.75) is 65.1 Å². The summed E-state index contributed by atoms with van der Waals surface area (Å²) in [6, 6.07) is 9.80. The van der Waals surface area contributed by atoms with Gasteiger partial charge in [0.05, 0.1) is 10.9 Å². The first-order valence-electron chi connectivity index (χ1n) is 13.3. The van der Waals surface area contributed by atoms with Crippen molar-refractivity contribution in [1.29, 1.82) is 0 Å². The summed E-state index contributed by atoms with van der Waals surface area (Å²) >= 11 is 0. The van der Waals surface area contributed by atoms with Crippen molar-refractivity contribution in [3.63, 3.8) is 0 Å². The molecule has 0 bridgehead atoms. The van der Waals surface area contributed by atoms with Crippen LogP contribution < -0.4 is 21.9 Å². The number of carbonyl (C=O) groups excluding carboxylic acids is 2. The molecule has 10 heteroatoms. The number of nitrogens with one attached hydrogen (secondary N) is 2. The van der Waals surface area contributed by atoms with Crippen molar-refractivity contribution in [3.8, 4) is 0 Å². The summed E-state index contributed by atoms with van der Waals surface area (Å²) in [4.78, 5) is 58.1. The molecule has 1 aliphatic carbocycles. The minimum absolute atomic E-state index is 0.119. The molecule has 5 rings (SSSR count). The van der Waals surface area contributed by atoms with Crippen LogP contribution in [0.1, 0.15) is 61.8 Å². The van der Waals surface area contributed by atoms with E-state index in [0.717, 1.165) is 31.4 Å². The number of piperidine rings is 1. The van der Waals surface area contributed by atoms with Gasteiger partial charge in [-0.15, -0.1) is 0 Å². The van der Waals surface area contributed by atoms with E-state index in [1.165, 1.54) is 4.57 Å². The van der Waals surface area contributed by atoms with Crippen LogP contribution >= 0.6 is 0 Å². The first-order chi connectivity index (χ1) is 18.2. The Morgan fingerprint density at radius 2 is 1.89 bits per heavy atom. The van der Waals surface area contributed by atoms with Crippen LogP contribution in [0, 0.1) is 12.8 Å². The van der Waals surface area contributed by atoms with Crippen LogP contribution in [0.4, 0.5) is 10.5 Å². The highest BCUT2D eigenvalue weighted by molar-refractivity contribution is 5.94. The standard InChI is InChI=1S/C28H34N6O4/c1-17(2)34-24-12-11-20(14-22(24)26(36)33(28(34)38)15-19-9-10-19)31-27(37)32-13-5-7-21(16-32)30-25(35)23-8-4-6-18(3)29-23/h4,6,8,11-12,14,17,19,21H,5,7,9-10,13,15-16H2,1-3H3,(H,30,35)(H,31,37). The molecule has 200 valence electrons. The van der Waals surface area contributed by atoms with Crippen LogP contribution in [0.15, 0.2) is 46.0 Å². The lowest BCUT2D eigenvalue weighted by molar-refractivity contribution is 0.0907. The van der Waals surface area contributed by atoms with Gasteiger partial charge in [-0.05, 0) is 82.7 Å². The Hall–Kier alpha value is -3.95. The monoisotopic (exact) mass is 518 g/mol. The molecule has 38 heavy (non-hydrogen) atoms. The summed E-state index contributed by atoms with van der Waals surface area (Å²) in [7, 11) is 0. The molecule has 2 fully saturated rings. The lowest BCUT2D eigenvalue weighted by Gasteiger charge is -2.33. The van der Waals surface area contributed by atoms with Gasteiger partial charge in [0, 0.05) is 43.1 Å². The Labute approximate surface area is 220 Å². The van der Waals surface area contributed by atoms with E-state index in [1.807, 2.05) is 26.8 Å². The summed E-state index contributed by atoms with van der Waals surface area (Å²) in [6.07, 6.45) is 3.58. The van der Waals surface area contributed by atoms with Crippen molar-refractivity contribution < 1.29 is 9.59 Å². The van der Waals surface area contributed by atoms with Gasteiger partial charge < -0.3 is 15.5 Å². The third kappa shape index (κ3) is 5.34. The molecular weight excluding hydrogens is 484 g/mol. The number of anilines is 1. The Bertz CT molecular complexity index is 1500. The number of rotatable bonds is 6. The van der Waals surface area contributed by atoms with E-state index < -0.39 is 0 Å². The van der Waals surface area contributed by atoms with E-state index in [9.17, 15) is 19.2 Å². The number of pyridine rings is 1.